The first kappa shape index (κ1) is 83.1. The van der Waals surface area contributed by atoms with Crippen LogP contribution in [0.5, 0.6) is 11.8 Å². The summed E-state index contributed by atoms with van der Waals surface area (Å²) in [5, 5.41) is 9.51. The van der Waals surface area contributed by atoms with Crippen LogP contribution < -0.4 is 123 Å². The van der Waals surface area contributed by atoms with Crippen molar-refractivity contribution in [2.24, 2.45) is 85.8 Å². The normalized spacial score (nSPS) is 38.2. The number of carbonyl (C=O) groups excluding carboxylic acids is 1. The third-order valence-electron chi connectivity index (χ3n) is 27.6. The Bertz CT molecular complexity index is 2980. The van der Waals surface area contributed by atoms with Gasteiger partial charge in [-0.3, -0.25) is 9.59 Å². The number of carbonyl (C=O) groups is 1. The van der Waals surface area contributed by atoms with Crippen molar-refractivity contribution in [1.82, 2.24) is 15.0 Å². The second kappa shape index (κ2) is 37.9. The zero-order valence-electron chi connectivity index (χ0n) is 63.3. The van der Waals surface area contributed by atoms with Gasteiger partial charge in [-0.05, 0) is 205 Å². The standard InChI is InChI=1S/2C27H39NO3.C22H35BrO2.C5H5NO.CH2O3.2K.H/c2*1-19-11-12-22-26(2,21(19)14-17-29-24-10-6-7-16-28-24)15-13-23-27(22,3)18-30-25(31-23)20-8-4-5-9-20;1-15-8-9-18-21(2,17(15)11-13-23)12-10-19-22(18,3)14-24-20(25-19)16-6-4-5-7-16;7-5-3-1-2-4-6-5;2-1-4-3;;;/h2*6-7,10,16,20-23,25H,1,4-5,8-9,11-15,17-18H2,2-3H3;16-20H,1,4-14H2,2-3H3;1-4H,(H,6,7);1,3H;;;/q;;;;;2*+1;-1/p-1/t2*21-,22?,23-,25-,26+,27+;17-,18?,19-,20-,21+,22+;;;;;/m111...../s1. The third-order valence-corrected chi connectivity index (χ3v) is 28.0. The van der Waals surface area contributed by atoms with Crippen LogP contribution in [-0.4, -0.2) is 97.0 Å². The Hall–Kier alpha value is -0.987. The van der Waals surface area contributed by atoms with Crippen molar-refractivity contribution in [3.8, 4) is 11.8 Å². The molecule has 6 heterocycles. The van der Waals surface area contributed by atoms with E-state index in [4.69, 9.17) is 47.9 Å². The molecular formula is C82H120BrK2N3O12. The van der Waals surface area contributed by atoms with Crippen molar-refractivity contribution in [2.45, 2.75) is 252 Å². The maximum Gasteiger partial charge on any atom is 1.00 e. The topological polar surface area (TPSA) is 182 Å². The molecule has 0 spiro atoms. The third kappa shape index (κ3) is 18.6. The van der Waals surface area contributed by atoms with Crippen LogP contribution in [0.15, 0.2) is 114 Å². The zero-order valence-corrected chi connectivity index (χ0v) is 70.1. The van der Waals surface area contributed by atoms with Crippen molar-refractivity contribution in [3.63, 3.8) is 0 Å². The van der Waals surface area contributed by atoms with Gasteiger partial charge in [-0.25, -0.2) is 9.97 Å². The molecule has 15 rings (SSSR count). The van der Waals surface area contributed by atoms with E-state index in [0.717, 1.165) is 63.7 Å². The quantitative estimate of drug-likeness (QED) is 0.0402. The SMILES string of the molecule is C=C1CCC2[C@]3(C)CO[C@@H](C4CCCC4)O[C@@H]3CC[C@@]2(C)[C@@H]1CCBr.C=C1CCC2[C@]3(C)CO[C@@H](C4CCCC4)O[C@@H]3CC[C@@]2(C)[C@@H]1CCOc1ccccn1.C=C1CCC2[C@]3(C)CO[C@@H](C4CCCC4)O[C@@H]3CC[C@@]2(C)[C@@H]1CCOc1ccccn1.O=CO[O-].O=c1cccc[nH]1.[H-].[K+].[K+]. The molecule has 3 aromatic heterocycles. The van der Waals surface area contributed by atoms with Gasteiger partial charge in [0.1, 0.15) is 0 Å². The summed E-state index contributed by atoms with van der Waals surface area (Å²) in [5.41, 5.74) is 5.46. The van der Waals surface area contributed by atoms with Gasteiger partial charge in [-0.2, -0.15) is 0 Å². The number of ether oxygens (including phenoxy) is 8. The van der Waals surface area contributed by atoms with E-state index in [0.29, 0.717) is 102 Å². The molecule has 0 amide bonds. The van der Waals surface area contributed by atoms with Gasteiger partial charge in [0, 0.05) is 76.1 Å². The Balaban J connectivity index is 0.000000177. The minimum atomic E-state index is -0.181. The largest absolute Gasteiger partial charge is 1.00 e. The number of H-pyrrole nitrogens is 1. The van der Waals surface area contributed by atoms with Crippen LogP contribution in [0.4, 0.5) is 0 Å². The average Bonchev–Trinajstić information content (AvgIpc) is 0.972. The van der Waals surface area contributed by atoms with Gasteiger partial charge < -0.3 is 54.5 Å². The minimum Gasteiger partial charge on any atom is -1.00 e. The van der Waals surface area contributed by atoms with Crippen LogP contribution >= 0.6 is 15.9 Å². The smallest absolute Gasteiger partial charge is 1.00 e. The maximum absolute atomic E-state index is 10.2. The predicted octanol–water partition coefficient (Wildman–Crippen LogP) is 11.4. The maximum atomic E-state index is 10.2. The molecule has 0 bridgehead atoms. The second-order valence-electron chi connectivity index (χ2n) is 33.1. The Kier molecular flexibility index (Phi) is 31.5. The van der Waals surface area contributed by atoms with Gasteiger partial charge in [0.2, 0.25) is 17.3 Å². The summed E-state index contributed by atoms with van der Waals surface area (Å²) in [4.78, 5) is 32.6. The van der Waals surface area contributed by atoms with Crippen LogP contribution in [0.25, 0.3) is 0 Å². The molecule has 18 atom stereocenters. The molecule has 0 aromatic carbocycles. The molecule has 9 saturated carbocycles. The van der Waals surface area contributed by atoms with Gasteiger partial charge in [-0.1, -0.05) is 151 Å². The molecule has 3 aromatic rings. The van der Waals surface area contributed by atoms with Crippen LogP contribution in [0.1, 0.15) is 216 Å². The molecule has 18 heteroatoms. The molecule has 3 saturated heterocycles. The van der Waals surface area contributed by atoms with E-state index in [1.807, 2.05) is 36.4 Å². The molecule has 3 aliphatic heterocycles. The summed E-state index contributed by atoms with van der Waals surface area (Å²) < 4.78 is 51.3. The number of rotatable bonds is 14. The molecular weight excluding hydrogens is 1380 g/mol. The van der Waals surface area contributed by atoms with E-state index >= 15 is 0 Å². The number of fused-ring (bicyclic) bond motifs is 9. The number of allylic oxidation sites excluding steroid dienone is 3. The molecule has 3 unspecified atom stereocenters. The van der Waals surface area contributed by atoms with Gasteiger partial charge in [0.05, 0.1) is 51.3 Å². The minimum absolute atomic E-state index is 0. The number of halogens is 1. The van der Waals surface area contributed by atoms with Crippen LogP contribution in [0.3, 0.4) is 0 Å². The van der Waals surface area contributed by atoms with Crippen LogP contribution in [0.2, 0.25) is 0 Å². The Morgan fingerprint density at radius 1 is 0.520 bits per heavy atom. The van der Waals surface area contributed by atoms with Crippen LogP contribution in [0, 0.1) is 85.8 Å². The number of hydrogen-bond donors (Lipinski definition) is 1. The van der Waals surface area contributed by atoms with Crippen molar-refractivity contribution in [3.05, 3.63) is 120 Å². The first-order valence-corrected chi connectivity index (χ1v) is 39.3. The van der Waals surface area contributed by atoms with E-state index in [9.17, 15) is 4.79 Å². The molecule has 15 nitrogen and oxygen atoms in total. The summed E-state index contributed by atoms with van der Waals surface area (Å²) >= 11 is 3.69. The van der Waals surface area contributed by atoms with E-state index in [1.165, 1.54) is 158 Å². The van der Waals surface area contributed by atoms with Crippen molar-refractivity contribution in [1.29, 1.82) is 0 Å². The fourth-order valence-electron chi connectivity index (χ4n) is 22.5. The van der Waals surface area contributed by atoms with Crippen LogP contribution in [-0.2, 0) is 38.1 Å². The number of nitrogens with zero attached hydrogens (tertiary/aromatic N) is 2. The number of pyridine rings is 3. The number of alkyl halides is 1. The zero-order chi connectivity index (χ0) is 69.1. The van der Waals surface area contributed by atoms with Gasteiger partial charge in [0.15, 0.2) is 18.9 Å². The molecule has 100 heavy (non-hydrogen) atoms. The average molecular weight is 1500 g/mol. The molecule has 9 aliphatic carbocycles. The fraction of sp³-hybridized carbons (Fsp3) is 0.732. The van der Waals surface area contributed by atoms with Gasteiger partial charge in [-0.15, -0.1) is 0 Å². The molecule has 12 aliphatic rings. The molecule has 0 radical (unpaired) electrons. The summed E-state index contributed by atoms with van der Waals surface area (Å²) in [6.45, 7) is 32.2. The molecule has 544 valence electrons. The van der Waals surface area contributed by atoms with Crippen molar-refractivity contribution in [2.75, 3.05) is 38.4 Å². The van der Waals surface area contributed by atoms with Gasteiger partial charge >= 0.3 is 103 Å². The summed E-state index contributed by atoms with van der Waals surface area (Å²) in [6, 6.07) is 16.6. The van der Waals surface area contributed by atoms with E-state index < -0.39 is 0 Å². The summed E-state index contributed by atoms with van der Waals surface area (Å²) in [5.74, 6) is 6.82. The first-order chi connectivity index (χ1) is 47.3. The van der Waals surface area contributed by atoms with Crippen molar-refractivity contribution >= 4 is 22.4 Å². The molecule has 1 N–H and O–H groups in total. The summed E-state index contributed by atoms with van der Waals surface area (Å²) in [6.07, 6.45) is 39.6. The predicted molar refractivity (Wildman–Crippen MR) is 385 cm³/mol. The van der Waals surface area contributed by atoms with E-state index in [2.05, 4.69) is 97.0 Å². The van der Waals surface area contributed by atoms with E-state index in [-0.39, 0.29) is 162 Å². The van der Waals surface area contributed by atoms with Gasteiger partial charge in [0.25, 0.3) is 6.47 Å². The molecule has 12 fully saturated rings. The number of aromatic amines is 1. The Morgan fingerprint density at radius 2 is 0.860 bits per heavy atom. The first-order valence-electron chi connectivity index (χ1n) is 38.1. The monoisotopic (exact) mass is 1500 g/mol. The van der Waals surface area contributed by atoms with E-state index in [1.54, 1.807) is 30.7 Å². The fourth-order valence-corrected chi connectivity index (χ4v) is 23.0. The van der Waals surface area contributed by atoms with Crippen molar-refractivity contribution < 1.29 is 157 Å². The Labute approximate surface area is 694 Å². The summed E-state index contributed by atoms with van der Waals surface area (Å²) in [7, 11) is 0. The number of hydrogen-bond acceptors (Lipinski definition) is 14. The second-order valence-corrected chi connectivity index (χ2v) is 33.9. The Morgan fingerprint density at radius 3 is 1.14 bits per heavy atom. The number of aromatic nitrogens is 3. The number of nitrogens with one attached hydrogen (secondary N) is 1.